The zero-order valence-corrected chi connectivity index (χ0v) is 29.4. The Morgan fingerprint density at radius 1 is 0.473 bits per heavy atom. The molecule has 0 saturated carbocycles. The summed E-state index contributed by atoms with van der Waals surface area (Å²) in [6, 6.07) is 28.8. The number of benzene rings is 4. The highest BCUT2D eigenvalue weighted by Crippen LogP contribution is 2.07. The van der Waals surface area contributed by atoms with Crippen LogP contribution in [0.4, 0.5) is 0 Å². The fourth-order valence-electron chi connectivity index (χ4n) is 4.82. The summed E-state index contributed by atoms with van der Waals surface area (Å²) in [7, 11) is 0. The Morgan fingerprint density at radius 2 is 0.800 bits per heavy atom. The number of nitrogens with one attached hydrogen (secondary N) is 6. The van der Waals surface area contributed by atoms with Gasteiger partial charge in [0.25, 0.3) is 23.6 Å². The van der Waals surface area contributed by atoms with Gasteiger partial charge in [-0.2, -0.15) is 0 Å². The number of rotatable bonds is 14. The largest absolute Gasteiger partial charge is 0.353 e. The highest BCUT2D eigenvalue weighted by molar-refractivity contribution is 5.98. The number of carbonyl (C=O) groups is 6. The van der Waals surface area contributed by atoms with E-state index < -0.39 is 47.5 Å². The molecule has 0 heterocycles. The Bertz CT molecular complexity index is 1930. The van der Waals surface area contributed by atoms with Crippen molar-refractivity contribution < 1.29 is 39.2 Å². The Kier molecular flexibility index (Phi) is 15.7. The molecule has 0 bridgehead atoms. The number of hydrogen-bond donors (Lipinski definition) is 8. The summed E-state index contributed by atoms with van der Waals surface area (Å²) < 4.78 is 0. The Hall–Kier alpha value is -7.26. The van der Waals surface area contributed by atoms with Crippen LogP contribution < -0.4 is 32.2 Å². The van der Waals surface area contributed by atoms with Gasteiger partial charge in [0.1, 0.15) is 12.1 Å². The van der Waals surface area contributed by atoms with E-state index >= 15 is 0 Å². The van der Waals surface area contributed by atoms with Crippen LogP contribution >= 0.6 is 0 Å². The van der Waals surface area contributed by atoms with Crippen molar-refractivity contribution >= 4 is 35.4 Å². The lowest BCUT2D eigenvalue weighted by atomic mass is 10.1. The standard InChI is InChI=1S/C41H38N6O8/c48-36(42-26-34(40(52)46-54)44-38(50)32-22-18-30(19-23-32)16-14-28-8-3-1-4-9-28)12-7-13-37(49)43-27-35(41(53)47-55)45-39(51)33-24-20-31(21-25-33)17-15-29-10-5-2-6-11-29/h1-6,8-11,18-25,34-35,54-55H,7,12-13,26-27H2,(H,42,48)(H,43,49)(H,44,50)(H,45,51)(H,46,52)(H,47,53)/t34-,35+. The number of hydrogen-bond acceptors (Lipinski definition) is 8. The monoisotopic (exact) mass is 742 g/mol. The molecular formula is C41H38N6O8. The average Bonchev–Trinajstić information content (AvgIpc) is 3.22. The van der Waals surface area contributed by atoms with E-state index in [-0.39, 0.29) is 43.5 Å². The quantitative estimate of drug-likeness (QED) is 0.0541. The SMILES string of the molecule is O=C(CCCC(=O)NC[C@@H](NC(=O)c1ccc(C#Cc2ccccc2)cc1)C(=O)NO)NC[C@H](NC(=O)c1ccc(C#Cc2ccccc2)cc1)C(=O)NO. The van der Waals surface area contributed by atoms with Gasteiger partial charge >= 0.3 is 0 Å². The van der Waals surface area contributed by atoms with E-state index in [1.807, 2.05) is 60.7 Å². The Morgan fingerprint density at radius 3 is 1.13 bits per heavy atom. The highest BCUT2D eigenvalue weighted by Gasteiger charge is 2.23. The van der Waals surface area contributed by atoms with Crippen molar-refractivity contribution in [3.8, 4) is 23.7 Å². The van der Waals surface area contributed by atoms with E-state index in [1.165, 1.54) is 35.2 Å². The van der Waals surface area contributed by atoms with Crippen LogP contribution in [0.3, 0.4) is 0 Å². The van der Waals surface area contributed by atoms with E-state index in [2.05, 4.69) is 44.9 Å². The molecule has 0 spiro atoms. The van der Waals surface area contributed by atoms with Gasteiger partial charge in [-0.1, -0.05) is 60.1 Å². The second-order valence-corrected chi connectivity index (χ2v) is 11.9. The van der Waals surface area contributed by atoms with Crippen molar-refractivity contribution in [1.29, 1.82) is 0 Å². The Labute approximate surface area is 317 Å². The van der Waals surface area contributed by atoms with E-state index in [0.717, 1.165) is 11.1 Å². The third kappa shape index (κ3) is 13.7. The van der Waals surface area contributed by atoms with Gasteiger partial charge in [-0.05, 0) is 79.2 Å². The minimum atomic E-state index is -1.32. The van der Waals surface area contributed by atoms with E-state index in [9.17, 15) is 28.8 Å². The summed E-state index contributed by atoms with van der Waals surface area (Å²) in [5, 5.41) is 28.2. The van der Waals surface area contributed by atoms with Crippen LogP contribution in [0.2, 0.25) is 0 Å². The maximum absolute atomic E-state index is 12.8. The summed E-state index contributed by atoms with van der Waals surface area (Å²) in [6.07, 6.45) is -0.199. The van der Waals surface area contributed by atoms with Gasteiger partial charge in [0, 0.05) is 59.3 Å². The van der Waals surface area contributed by atoms with Crippen LogP contribution in [0, 0.1) is 23.7 Å². The summed E-state index contributed by atoms with van der Waals surface area (Å²) in [5.74, 6) is 7.76. The van der Waals surface area contributed by atoms with Crippen molar-refractivity contribution in [2.45, 2.75) is 31.3 Å². The lowest BCUT2D eigenvalue weighted by molar-refractivity contribution is -0.132. The number of hydroxylamine groups is 2. The predicted molar refractivity (Wildman–Crippen MR) is 200 cm³/mol. The summed E-state index contributed by atoms with van der Waals surface area (Å²) >= 11 is 0. The lowest BCUT2D eigenvalue weighted by Crippen LogP contribution is -2.52. The van der Waals surface area contributed by atoms with Gasteiger partial charge in [0.05, 0.1) is 0 Å². The fraction of sp³-hybridized carbons (Fsp3) is 0.171. The molecule has 4 aromatic rings. The zero-order chi connectivity index (χ0) is 39.4. The molecule has 0 radical (unpaired) electrons. The molecule has 0 unspecified atom stereocenters. The first-order chi connectivity index (χ1) is 26.6. The molecule has 0 aliphatic rings. The van der Waals surface area contributed by atoms with Crippen molar-refractivity contribution in [3.05, 3.63) is 143 Å². The smallest absolute Gasteiger partial charge is 0.267 e. The molecule has 2 atom stereocenters. The van der Waals surface area contributed by atoms with Crippen molar-refractivity contribution in [2.75, 3.05) is 13.1 Å². The van der Waals surface area contributed by atoms with Crippen molar-refractivity contribution in [1.82, 2.24) is 32.2 Å². The molecule has 6 amide bonds. The highest BCUT2D eigenvalue weighted by atomic mass is 16.5. The van der Waals surface area contributed by atoms with Crippen molar-refractivity contribution in [2.24, 2.45) is 0 Å². The first-order valence-corrected chi connectivity index (χ1v) is 17.0. The molecule has 0 aliphatic heterocycles. The average molecular weight is 743 g/mol. The summed E-state index contributed by atoms with van der Waals surface area (Å²) in [4.78, 5) is 75.0. The fourth-order valence-corrected chi connectivity index (χ4v) is 4.82. The molecular weight excluding hydrogens is 704 g/mol. The first-order valence-electron chi connectivity index (χ1n) is 17.0. The second-order valence-electron chi connectivity index (χ2n) is 11.9. The molecule has 0 fully saturated rings. The molecule has 0 aliphatic carbocycles. The first kappa shape index (κ1) is 40.5. The molecule has 280 valence electrons. The third-order valence-corrected chi connectivity index (χ3v) is 7.82. The van der Waals surface area contributed by atoms with E-state index in [4.69, 9.17) is 10.4 Å². The van der Waals surface area contributed by atoms with Crippen LogP contribution in [-0.4, -0.2) is 71.0 Å². The molecule has 55 heavy (non-hydrogen) atoms. The summed E-state index contributed by atoms with van der Waals surface area (Å²) in [6.45, 7) is -0.712. The topological polar surface area (TPSA) is 215 Å². The van der Waals surface area contributed by atoms with E-state index in [1.54, 1.807) is 24.3 Å². The van der Waals surface area contributed by atoms with Gasteiger partial charge in [0.2, 0.25) is 11.8 Å². The third-order valence-electron chi connectivity index (χ3n) is 7.82. The molecule has 14 nitrogen and oxygen atoms in total. The molecule has 8 N–H and O–H groups in total. The zero-order valence-electron chi connectivity index (χ0n) is 29.4. The second kappa shape index (κ2) is 21.3. The predicted octanol–water partition coefficient (Wildman–Crippen LogP) is 1.80. The van der Waals surface area contributed by atoms with E-state index in [0.29, 0.717) is 11.1 Å². The van der Waals surface area contributed by atoms with Gasteiger partial charge in [-0.25, -0.2) is 11.0 Å². The minimum Gasteiger partial charge on any atom is -0.353 e. The molecule has 0 saturated heterocycles. The maximum atomic E-state index is 12.8. The van der Waals surface area contributed by atoms with Crippen LogP contribution in [0.15, 0.2) is 109 Å². The molecule has 0 aromatic heterocycles. The molecule has 4 rings (SSSR count). The van der Waals surface area contributed by atoms with Gasteiger partial charge in [0.15, 0.2) is 0 Å². The minimum absolute atomic E-state index is 0.0726. The maximum Gasteiger partial charge on any atom is 0.267 e. The van der Waals surface area contributed by atoms with Gasteiger partial charge in [-0.3, -0.25) is 39.2 Å². The molecule has 14 heteroatoms. The van der Waals surface area contributed by atoms with Crippen molar-refractivity contribution in [3.63, 3.8) is 0 Å². The lowest BCUT2D eigenvalue weighted by Gasteiger charge is -2.18. The summed E-state index contributed by atoms with van der Waals surface area (Å²) in [5.41, 5.74) is 6.35. The number of carbonyl (C=O) groups excluding carboxylic acids is 6. The van der Waals surface area contributed by atoms with Crippen LogP contribution in [0.25, 0.3) is 0 Å². The number of amides is 6. The normalized spacial score (nSPS) is 11.1. The van der Waals surface area contributed by atoms with Crippen LogP contribution in [0.1, 0.15) is 62.2 Å². The van der Waals surface area contributed by atoms with Crippen LogP contribution in [-0.2, 0) is 19.2 Å². The Balaban J connectivity index is 1.19. The molecule has 4 aromatic carbocycles. The van der Waals surface area contributed by atoms with Crippen LogP contribution in [0.5, 0.6) is 0 Å². The van der Waals surface area contributed by atoms with Gasteiger partial charge < -0.3 is 21.3 Å². The van der Waals surface area contributed by atoms with Gasteiger partial charge in [-0.15, -0.1) is 0 Å².